The highest BCUT2D eigenvalue weighted by atomic mass is 32.2. The molecule has 0 aliphatic carbocycles. The van der Waals surface area contributed by atoms with Gasteiger partial charge in [0.15, 0.2) is 5.58 Å². The summed E-state index contributed by atoms with van der Waals surface area (Å²) in [4.78, 5) is 6.11. The second-order valence-electron chi connectivity index (χ2n) is 6.38. The minimum atomic E-state index is -3.43. The van der Waals surface area contributed by atoms with E-state index in [4.69, 9.17) is 4.42 Å². The molecule has 1 aromatic carbocycles. The van der Waals surface area contributed by atoms with Crippen LogP contribution in [0.5, 0.6) is 0 Å². The van der Waals surface area contributed by atoms with Crippen LogP contribution in [0, 0.1) is 0 Å². The van der Waals surface area contributed by atoms with Crippen molar-refractivity contribution in [1.29, 1.82) is 0 Å². The van der Waals surface area contributed by atoms with E-state index < -0.39 is 10.0 Å². The lowest BCUT2D eigenvalue weighted by atomic mass is 10.2. The number of thioether (sulfide) groups is 1. The smallest absolute Gasteiger partial charge is 0.256 e. The molecule has 0 bridgehead atoms. The molecule has 24 heavy (non-hydrogen) atoms. The zero-order chi connectivity index (χ0) is 17.2. The predicted molar refractivity (Wildman–Crippen MR) is 95.0 cm³/mol. The van der Waals surface area contributed by atoms with Crippen LogP contribution in [0.25, 0.3) is 11.1 Å². The molecule has 0 radical (unpaired) electrons. The predicted octanol–water partition coefficient (Wildman–Crippen LogP) is 1.24. The van der Waals surface area contributed by atoms with Gasteiger partial charge in [0, 0.05) is 13.1 Å². The van der Waals surface area contributed by atoms with E-state index in [-0.39, 0.29) is 0 Å². The van der Waals surface area contributed by atoms with Gasteiger partial charge in [-0.15, -0.1) is 0 Å². The molecule has 1 aliphatic rings. The number of nitrogens with zero attached hydrogens (tertiary/aromatic N) is 2. The highest BCUT2D eigenvalue weighted by molar-refractivity contribution is 7.99. The summed E-state index contributed by atoms with van der Waals surface area (Å²) in [5.41, 5.74) is 1.24. The maximum Gasteiger partial charge on any atom is 0.256 e. The molecule has 0 unspecified atom stereocenters. The van der Waals surface area contributed by atoms with Crippen molar-refractivity contribution in [2.75, 3.05) is 39.5 Å². The standard InChI is InChI=1S/C16H23N3O3S2/c1-18(2)10-11-23-16-17-14-12-13(6-7-15(14)22-16)24(20,21)19-8-4-3-5-9-19/h6-7,12H,3-5,8-11H2,1-2H3/p+1. The number of hydrogen-bond acceptors (Lipinski definition) is 5. The summed E-state index contributed by atoms with van der Waals surface area (Å²) in [5.74, 6) is 0.911. The largest absolute Gasteiger partial charge is 0.431 e. The molecule has 132 valence electrons. The molecule has 1 aromatic heterocycles. The first kappa shape index (κ1) is 17.7. The molecule has 0 atom stereocenters. The van der Waals surface area contributed by atoms with Gasteiger partial charge < -0.3 is 9.32 Å². The van der Waals surface area contributed by atoms with Crippen LogP contribution in [0.4, 0.5) is 0 Å². The van der Waals surface area contributed by atoms with Crippen molar-refractivity contribution in [3.63, 3.8) is 0 Å². The minimum absolute atomic E-state index is 0.305. The summed E-state index contributed by atoms with van der Waals surface area (Å²) >= 11 is 1.56. The molecule has 0 amide bonds. The lowest BCUT2D eigenvalue weighted by Gasteiger charge is -2.25. The number of oxazole rings is 1. The summed E-state index contributed by atoms with van der Waals surface area (Å²) in [6, 6.07) is 4.96. The molecule has 0 saturated carbocycles. The molecule has 2 aromatic rings. The quantitative estimate of drug-likeness (QED) is 0.775. The number of rotatable bonds is 6. The van der Waals surface area contributed by atoms with Gasteiger partial charge in [0.2, 0.25) is 10.0 Å². The minimum Gasteiger partial charge on any atom is -0.431 e. The Morgan fingerprint density at radius 1 is 1.25 bits per heavy atom. The van der Waals surface area contributed by atoms with Crippen molar-refractivity contribution in [1.82, 2.24) is 9.29 Å². The zero-order valence-corrected chi connectivity index (χ0v) is 15.8. The molecule has 1 saturated heterocycles. The van der Waals surface area contributed by atoms with Gasteiger partial charge in [-0.05, 0) is 31.0 Å². The van der Waals surface area contributed by atoms with Crippen molar-refractivity contribution in [2.45, 2.75) is 29.4 Å². The van der Waals surface area contributed by atoms with Gasteiger partial charge >= 0.3 is 0 Å². The Labute approximate surface area is 147 Å². The summed E-state index contributed by atoms with van der Waals surface area (Å²) in [5, 5.41) is 0.596. The van der Waals surface area contributed by atoms with E-state index in [0.29, 0.717) is 34.3 Å². The van der Waals surface area contributed by atoms with Crippen LogP contribution in [-0.4, -0.2) is 57.2 Å². The first-order valence-corrected chi connectivity index (χ1v) is 10.7. The zero-order valence-electron chi connectivity index (χ0n) is 14.1. The SMILES string of the molecule is C[NH+](C)CCSc1nc2cc(S(=O)(=O)N3CCCCC3)ccc2o1. The van der Waals surface area contributed by atoms with Gasteiger partial charge in [-0.1, -0.05) is 18.2 Å². The van der Waals surface area contributed by atoms with E-state index in [9.17, 15) is 8.42 Å². The molecular weight excluding hydrogens is 346 g/mol. The second-order valence-corrected chi connectivity index (χ2v) is 9.36. The van der Waals surface area contributed by atoms with E-state index in [1.54, 1.807) is 34.3 Å². The second kappa shape index (κ2) is 7.43. The maximum atomic E-state index is 12.7. The third kappa shape index (κ3) is 3.93. The Morgan fingerprint density at radius 3 is 2.71 bits per heavy atom. The summed E-state index contributed by atoms with van der Waals surface area (Å²) in [6.45, 7) is 2.22. The molecule has 0 spiro atoms. The Hall–Kier alpha value is -1.09. The number of aromatic nitrogens is 1. The fraction of sp³-hybridized carbons (Fsp3) is 0.562. The monoisotopic (exact) mass is 370 g/mol. The Balaban J connectivity index is 1.80. The molecule has 6 nitrogen and oxygen atoms in total. The van der Waals surface area contributed by atoms with Gasteiger partial charge in [0.1, 0.15) is 5.52 Å². The van der Waals surface area contributed by atoms with Crippen LogP contribution < -0.4 is 4.90 Å². The third-order valence-corrected chi connectivity index (χ3v) is 6.84. The number of quaternary nitrogens is 1. The first-order valence-electron chi connectivity index (χ1n) is 8.29. The van der Waals surface area contributed by atoms with Crippen LogP contribution >= 0.6 is 11.8 Å². The van der Waals surface area contributed by atoms with Crippen LogP contribution in [0.3, 0.4) is 0 Å². The van der Waals surface area contributed by atoms with Crippen LogP contribution in [0.15, 0.2) is 32.7 Å². The summed E-state index contributed by atoms with van der Waals surface area (Å²) in [6.07, 6.45) is 2.96. The molecule has 1 fully saturated rings. The van der Waals surface area contributed by atoms with E-state index >= 15 is 0 Å². The topological polar surface area (TPSA) is 67.9 Å². The fourth-order valence-electron chi connectivity index (χ4n) is 2.71. The Bertz CT molecular complexity index is 796. The number of nitrogens with one attached hydrogen (secondary N) is 1. The van der Waals surface area contributed by atoms with Gasteiger partial charge in [-0.3, -0.25) is 0 Å². The number of piperidine rings is 1. The van der Waals surface area contributed by atoms with Crippen molar-refractivity contribution in [3.05, 3.63) is 18.2 Å². The van der Waals surface area contributed by atoms with Crippen LogP contribution in [-0.2, 0) is 10.0 Å². The lowest BCUT2D eigenvalue weighted by molar-refractivity contribution is -0.855. The average molecular weight is 371 g/mol. The molecule has 2 heterocycles. The Morgan fingerprint density at radius 2 is 2.00 bits per heavy atom. The normalized spacial score (nSPS) is 17.0. The number of hydrogen-bond donors (Lipinski definition) is 1. The van der Waals surface area contributed by atoms with Crippen molar-refractivity contribution >= 4 is 32.9 Å². The molecule has 1 N–H and O–H groups in total. The van der Waals surface area contributed by atoms with Crippen molar-refractivity contribution in [2.24, 2.45) is 0 Å². The van der Waals surface area contributed by atoms with Crippen LogP contribution in [0.1, 0.15) is 19.3 Å². The number of benzene rings is 1. The highest BCUT2D eigenvalue weighted by Crippen LogP contribution is 2.27. The van der Waals surface area contributed by atoms with E-state index in [2.05, 4.69) is 19.1 Å². The fourth-order valence-corrected chi connectivity index (χ4v) is 5.24. The van der Waals surface area contributed by atoms with Gasteiger partial charge in [-0.2, -0.15) is 4.31 Å². The molecule has 3 rings (SSSR count). The maximum absolute atomic E-state index is 12.7. The summed E-state index contributed by atoms with van der Waals surface area (Å²) < 4.78 is 32.8. The van der Waals surface area contributed by atoms with E-state index in [1.165, 1.54) is 4.90 Å². The van der Waals surface area contributed by atoms with E-state index in [0.717, 1.165) is 31.6 Å². The lowest BCUT2D eigenvalue weighted by Crippen LogP contribution is -3.06. The number of sulfonamides is 1. The first-order chi connectivity index (χ1) is 11.5. The molecule has 1 aliphatic heterocycles. The van der Waals surface area contributed by atoms with Crippen molar-refractivity contribution in [3.8, 4) is 0 Å². The van der Waals surface area contributed by atoms with Gasteiger partial charge in [0.05, 0.1) is 31.3 Å². The Kier molecular flexibility index (Phi) is 5.49. The highest BCUT2D eigenvalue weighted by Gasteiger charge is 2.26. The third-order valence-electron chi connectivity index (χ3n) is 4.12. The number of fused-ring (bicyclic) bond motifs is 1. The molecule has 8 heteroatoms. The van der Waals surface area contributed by atoms with E-state index in [1.807, 2.05) is 0 Å². The van der Waals surface area contributed by atoms with Gasteiger partial charge in [0.25, 0.3) is 5.22 Å². The molecular formula is C16H24N3O3S2+. The van der Waals surface area contributed by atoms with Gasteiger partial charge in [-0.25, -0.2) is 13.4 Å². The average Bonchev–Trinajstić information content (AvgIpc) is 2.97. The summed E-state index contributed by atoms with van der Waals surface area (Å²) in [7, 11) is 0.772. The van der Waals surface area contributed by atoms with Crippen molar-refractivity contribution < 1.29 is 17.7 Å². The van der Waals surface area contributed by atoms with Crippen LogP contribution in [0.2, 0.25) is 0 Å².